The highest BCUT2D eigenvalue weighted by atomic mass is 16.5. The molecule has 1 aromatic heterocycles. The van der Waals surface area contributed by atoms with Crippen molar-refractivity contribution in [1.29, 1.82) is 0 Å². The molecule has 0 spiro atoms. The van der Waals surface area contributed by atoms with Crippen LogP contribution < -0.4 is 5.32 Å². The maximum atomic E-state index is 12.7. The average molecular weight is 370 g/mol. The van der Waals surface area contributed by atoms with Gasteiger partial charge in [0, 0.05) is 45.7 Å². The van der Waals surface area contributed by atoms with Crippen LogP contribution in [0.3, 0.4) is 0 Å². The van der Waals surface area contributed by atoms with Crippen molar-refractivity contribution < 1.29 is 14.1 Å². The molecule has 7 heteroatoms. The highest BCUT2D eigenvalue weighted by molar-refractivity contribution is 5.84. The van der Waals surface area contributed by atoms with Gasteiger partial charge < -0.3 is 14.7 Å². The number of likely N-dealkylation sites (N-methyl/N-ethyl adjacent to an activating group) is 1. The van der Waals surface area contributed by atoms with Gasteiger partial charge in [-0.2, -0.15) is 0 Å². The molecule has 27 heavy (non-hydrogen) atoms. The first-order chi connectivity index (χ1) is 12.9. The summed E-state index contributed by atoms with van der Waals surface area (Å²) in [5, 5.41) is 6.93. The van der Waals surface area contributed by atoms with Crippen LogP contribution in [0, 0.1) is 5.41 Å². The van der Waals surface area contributed by atoms with E-state index in [0.717, 1.165) is 11.3 Å². The van der Waals surface area contributed by atoms with Crippen molar-refractivity contribution in [3.63, 3.8) is 0 Å². The minimum Gasteiger partial charge on any atom is -0.361 e. The van der Waals surface area contributed by atoms with Crippen molar-refractivity contribution in [2.45, 2.75) is 12.8 Å². The molecule has 1 atom stereocenters. The summed E-state index contributed by atoms with van der Waals surface area (Å²) in [4.78, 5) is 28.3. The Bertz CT molecular complexity index is 803. The number of nitrogens with zero attached hydrogens (tertiary/aromatic N) is 3. The van der Waals surface area contributed by atoms with Crippen LogP contribution in [-0.4, -0.2) is 67.5 Å². The zero-order valence-corrected chi connectivity index (χ0v) is 16.1. The molecule has 1 aliphatic rings. The molecule has 144 valence electrons. The van der Waals surface area contributed by atoms with Gasteiger partial charge in [-0.25, -0.2) is 0 Å². The number of benzene rings is 1. The maximum absolute atomic E-state index is 12.7. The Morgan fingerprint density at radius 1 is 1.30 bits per heavy atom. The summed E-state index contributed by atoms with van der Waals surface area (Å²) >= 11 is 0. The summed E-state index contributed by atoms with van der Waals surface area (Å²) in [6.45, 7) is 1.54. The second-order valence-corrected chi connectivity index (χ2v) is 7.33. The molecule has 1 saturated heterocycles. The van der Waals surface area contributed by atoms with E-state index in [-0.39, 0.29) is 11.8 Å². The number of nitrogens with one attached hydrogen (secondary N) is 1. The first kappa shape index (κ1) is 19.1. The molecule has 0 unspecified atom stereocenters. The van der Waals surface area contributed by atoms with Gasteiger partial charge in [0.25, 0.3) is 0 Å². The number of hydrogen-bond donors (Lipinski definition) is 1. The molecule has 2 aromatic rings. The Morgan fingerprint density at radius 2 is 2.04 bits per heavy atom. The monoisotopic (exact) mass is 370 g/mol. The third kappa shape index (κ3) is 4.19. The Labute approximate surface area is 159 Å². The summed E-state index contributed by atoms with van der Waals surface area (Å²) in [6, 6.07) is 11.7. The summed E-state index contributed by atoms with van der Waals surface area (Å²) in [7, 11) is 5.13. The molecule has 0 saturated carbocycles. The van der Waals surface area contributed by atoms with E-state index in [1.165, 1.54) is 0 Å². The standard InChI is InChI=1S/C20H26N4O3/c1-21-19(26)20(9-10-24(14-20)13-18(25)23(2)3)12-16-11-17(22-27-16)15-7-5-4-6-8-15/h4-8,11H,9-10,12-14H2,1-3H3,(H,21,26)/t20-/m1/s1. The van der Waals surface area contributed by atoms with Gasteiger partial charge in [-0.3, -0.25) is 14.5 Å². The summed E-state index contributed by atoms with van der Waals surface area (Å²) in [5.41, 5.74) is 1.12. The normalized spacial score (nSPS) is 19.8. The van der Waals surface area contributed by atoms with E-state index in [2.05, 4.69) is 10.5 Å². The average Bonchev–Trinajstić information content (AvgIpc) is 3.30. The Kier molecular flexibility index (Phi) is 5.60. The fraction of sp³-hybridized carbons (Fsp3) is 0.450. The van der Waals surface area contributed by atoms with E-state index in [1.807, 2.05) is 41.3 Å². The van der Waals surface area contributed by atoms with Crippen molar-refractivity contribution in [3.05, 3.63) is 42.2 Å². The highest BCUT2D eigenvalue weighted by Crippen LogP contribution is 2.35. The SMILES string of the molecule is CNC(=O)[C@@]1(Cc2cc(-c3ccccc3)no2)CCN(CC(=O)N(C)C)C1. The molecule has 3 rings (SSSR count). The zero-order valence-electron chi connectivity index (χ0n) is 16.1. The molecule has 1 aromatic carbocycles. The van der Waals surface area contributed by atoms with Crippen molar-refractivity contribution in [2.75, 3.05) is 40.8 Å². The van der Waals surface area contributed by atoms with Crippen LogP contribution in [0.4, 0.5) is 0 Å². The molecular formula is C20H26N4O3. The fourth-order valence-electron chi connectivity index (χ4n) is 3.58. The molecule has 0 radical (unpaired) electrons. The Morgan fingerprint density at radius 3 is 2.70 bits per heavy atom. The minimum atomic E-state index is -0.616. The smallest absolute Gasteiger partial charge is 0.236 e. The van der Waals surface area contributed by atoms with Crippen molar-refractivity contribution in [2.24, 2.45) is 5.41 Å². The predicted molar refractivity (Wildman–Crippen MR) is 102 cm³/mol. The number of likely N-dealkylation sites (tertiary alicyclic amines) is 1. The lowest BCUT2D eigenvalue weighted by atomic mass is 9.81. The zero-order chi connectivity index (χ0) is 19.4. The first-order valence-corrected chi connectivity index (χ1v) is 9.09. The van der Waals surface area contributed by atoms with Crippen LogP contribution in [0.1, 0.15) is 12.2 Å². The van der Waals surface area contributed by atoms with Gasteiger partial charge in [0.2, 0.25) is 11.8 Å². The van der Waals surface area contributed by atoms with Gasteiger partial charge in [-0.1, -0.05) is 35.5 Å². The van der Waals surface area contributed by atoms with Gasteiger partial charge in [0.1, 0.15) is 11.5 Å². The Balaban J connectivity index is 1.76. The lowest BCUT2D eigenvalue weighted by molar-refractivity contribution is -0.132. The van der Waals surface area contributed by atoms with Crippen molar-refractivity contribution >= 4 is 11.8 Å². The maximum Gasteiger partial charge on any atom is 0.236 e. The lowest BCUT2D eigenvalue weighted by Gasteiger charge is -2.26. The van der Waals surface area contributed by atoms with Gasteiger partial charge in [-0.05, 0) is 13.0 Å². The molecule has 2 amide bonds. The topological polar surface area (TPSA) is 78.7 Å². The first-order valence-electron chi connectivity index (χ1n) is 9.09. The highest BCUT2D eigenvalue weighted by Gasteiger charge is 2.45. The van der Waals surface area contributed by atoms with Crippen LogP contribution in [-0.2, 0) is 16.0 Å². The molecule has 2 heterocycles. The third-order valence-electron chi connectivity index (χ3n) is 5.14. The van der Waals surface area contributed by atoms with E-state index in [4.69, 9.17) is 4.52 Å². The van der Waals surface area contributed by atoms with Gasteiger partial charge in [0.15, 0.2) is 0 Å². The number of rotatable bonds is 6. The van der Waals surface area contributed by atoms with Crippen LogP contribution in [0.15, 0.2) is 40.9 Å². The molecule has 7 nitrogen and oxygen atoms in total. The number of carbonyl (C=O) groups is 2. The molecule has 1 fully saturated rings. The number of amides is 2. The largest absolute Gasteiger partial charge is 0.361 e. The number of aromatic nitrogens is 1. The van der Waals surface area contributed by atoms with E-state index >= 15 is 0 Å². The van der Waals surface area contributed by atoms with E-state index in [1.54, 1.807) is 26.0 Å². The quantitative estimate of drug-likeness (QED) is 0.832. The van der Waals surface area contributed by atoms with Crippen molar-refractivity contribution in [3.8, 4) is 11.3 Å². The fourth-order valence-corrected chi connectivity index (χ4v) is 3.58. The van der Waals surface area contributed by atoms with E-state index < -0.39 is 5.41 Å². The van der Waals surface area contributed by atoms with Crippen LogP contribution in [0.2, 0.25) is 0 Å². The third-order valence-corrected chi connectivity index (χ3v) is 5.14. The molecule has 0 aliphatic carbocycles. The van der Waals surface area contributed by atoms with Gasteiger partial charge >= 0.3 is 0 Å². The molecular weight excluding hydrogens is 344 g/mol. The number of carbonyl (C=O) groups excluding carboxylic acids is 2. The van der Waals surface area contributed by atoms with Gasteiger partial charge in [0.05, 0.1) is 12.0 Å². The minimum absolute atomic E-state index is 0.0278. The van der Waals surface area contributed by atoms with Crippen LogP contribution in [0.5, 0.6) is 0 Å². The summed E-state index contributed by atoms with van der Waals surface area (Å²) in [5.74, 6) is 0.687. The van der Waals surface area contributed by atoms with Gasteiger partial charge in [-0.15, -0.1) is 0 Å². The van der Waals surface area contributed by atoms with Crippen LogP contribution >= 0.6 is 0 Å². The Hall–Kier alpha value is -2.67. The molecule has 1 N–H and O–H groups in total. The lowest BCUT2D eigenvalue weighted by Crippen LogP contribution is -2.44. The summed E-state index contributed by atoms with van der Waals surface area (Å²) < 4.78 is 5.53. The van der Waals surface area contributed by atoms with E-state index in [0.29, 0.717) is 38.2 Å². The van der Waals surface area contributed by atoms with Crippen LogP contribution in [0.25, 0.3) is 11.3 Å². The number of hydrogen-bond acceptors (Lipinski definition) is 5. The predicted octanol–water partition coefficient (Wildman–Crippen LogP) is 1.41. The second kappa shape index (κ2) is 7.92. The van der Waals surface area contributed by atoms with E-state index in [9.17, 15) is 9.59 Å². The second-order valence-electron chi connectivity index (χ2n) is 7.33. The van der Waals surface area contributed by atoms with Crippen molar-refractivity contribution in [1.82, 2.24) is 20.3 Å². The summed E-state index contributed by atoms with van der Waals surface area (Å²) in [6.07, 6.45) is 1.13. The molecule has 1 aliphatic heterocycles. The molecule has 0 bridgehead atoms.